The number of benzene rings is 2. The van der Waals surface area contributed by atoms with E-state index in [4.69, 9.17) is 11.6 Å². The second-order valence-electron chi connectivity index (χ2n) is 6.45. The van der Waals surface area contributed by atoms with Gasteiger partial charge in [-0.2, -0.15) is 0 Å². The minimum Gasteiger partial charge on any atom is -0.342 e. The molecule has 26 heavy (non-hydrogen) atoms. The number of likely N-dealkylation sites (tertiary alicyclic amines) is 1. The molecule has 1 fully saturated rings. The van der Waals surface area contributed by atoms with E-state index in [0.717, 1.165) is 29.7 Å². The van der Waals surface area contributed by atoms with Crippen molar-refractivity contribution >= 4 is 34.4 Å². The number of aromatic nitrogens is 2. The van der Waals surface area contributed by atoms with E-state index in [-0.39, 0.29) is 17.6 Å². The van der Waals surface area contributed by atoms with Crippen LogP contribution in [-0.4, -0.2) is 34.0 Å². The van der Waals surface area contributed by atoms with E-state index in [1.807, 2.05) is 18.2 Å². The molecule has 0 saturated carbocycles. The highest BCUT2D eigenvalue weighted by Gasteiger charge is 2.26. The van der Waals surface area contributed by atoms with Crippen molar-refractivity contribution in [3.8, 4) is 0 Å². The largest absolute Gasteiger partial charge is 0.342 e. The van der Waals surface area contributed by atoms with E-state index in [1.54, 1.807) is 23.1 Å². The molecule has 1 aliphatic heterocycles. The van der Waals surface area contributed by atoms with E-state index in [2.05, 4.69) is 15.3 Å². The number of imidazole rings is 1. The van der Waals surface area contributed by atoms with Crippen LogP contribution in [0.3, 0.4) is 0 Å². The molecule has 134 valence electrons. The van der Waals surface area contributed by atoms with Crippen molar-refractivity contribution in [3.05, 3.63) is 59.1 Å². The second kappa shape index (κ2) is 6.96. The normalized spacial score (nSPS) is 15.4. The van der Waals surface area contributed by atoms with Crippen molar-refractivity contribution < 1.29 is 9.18 Å². The Balaban J connectivity index is 1.40. The average Bonchev–Trinajstić information content (AvgIpc) is 3.07. The molecule has 1 aliphatic rings. The summed E-state index contributed by atoms with van der Waals surface area (Å²) in [4.78, 5) is 22.0. The predicted octanol–water partition coefficient (Wildman–Crippen LogP) is 4.77. The van der Waals surface area contributed by atoms with Crippen LogP contribution >= 0.6 is 11.6 Å². The van der Waals surface area contributed by atoms with Gasteiger partial charge in [-0.1, -0.05) is 23.7 Å². The van der Waals surface area contributed by atoms with Gasteiger partial charge in [-0.15, -0.1) is 0 Å². The van der Waals surface area contributed by atoms with Crippen molar-refractivity contribution in [2.75, 3.05) is 18.4 Å². The minimum absolute atomic E-state index is 0.203. The maximum absolute atomic E-state index is 13.7. The molecule has 0 bridgehead atoms. The molecule has 0 unspecified atom stereocenters. The summed E-state index contributed by atoms with van der Waals surface area (Å²) in [5.74, 6) is 0.756. The Morgan fingerprint density at radius 1 is 1.23 bits per heavy atom. The monoisotopic (exact) mass is 372 g/mol. The lowest BCUT2D eigenvalue weighted by atomic mass is 9.96. The molecule has 0 aliphatic carbocycles. The molecular weight excluding hydrogens is 355 g/mol. The standard InChI is InChI=1S/C19H18ClFN4O/c20-13-5-6-16-17(11-13)23-18(22-16)12-7-9-25(10-8-12)19(26)24-15-4-2-1-3-14(15)21/h1-6,11-12H,7-10H2,(H,22,23)(H,24,26). The number of urea groups is 1. The van der Waals surface area contributed by atoms with E-state index >= 15 is 0 Å². The quantitative estimate of drug-likeness (QED) is 0.680. The highest BCUT2D eigenvalue weighted by molar-refractivity contribution is 6.31. The highest BCUT2D eigenvalue weighted by atomic mass is 35.5. The Morgan fingerprint density at radius 3 is 2.77 bits per heavy atom. The zero-order valence-corrected chi connectivity index (χ0v) is 14.8. The molecule has 2 heterocycles. The van der Waals surface area contributed by atoms with Gasteiger partial charge >= 0.3 is 6.03 Å². The van der Waals surface area contributed by atoms with Crippen LogP contribution in [0, 0.1) is 5.82 Å². The van der Waals surface area contributed by atoms with Gasteiger partial charge in [0.2, 0.25) is 0 Å². The fraction of sp³-hybridized carbons (Fsp3) is 0.263. The molecule has 0 radical (unpaired) electrons. The molecule has 1 saturated heterocycles. The lowest BCUT2D eigenvalue weighted by Gasteiger charge is -2.31. The van der Waals surface area contributed by atoms with Crippen molar-refractivity contribution in [1.29, 1.82) is 0 Å². The maximum atomic E-state index is 13.7. The topological polar surface area (TPSA) is 61.0 Å². The fourth-order valence-corrected chi connectivity index (χ4v) is 3.48. The Labute approximate surface area is 155 Å². The number of aromatic amines is 1. The van der Waals surface area contributed by atoms with Gasteiger partial charge in [-0.3, -0.25) is 0 Å². The number of carbonyl (C=O) groups is 1. The number of para-hydroxylation sites is 1. The Hall–Kier alpha value is -2.60. The van der Waals surface area contributed by atoms with Gasteiger partial charge in [0, 0.05) is 24.0 Å². The highest BCUT2D eigenvalue weighted by Crippen LogP contribution is 2.29. The van der Waals surface area contributed by atoms with Crippen molar-refractivity contribution in [2.45, 2.75) is 18.8 Å². The summed E-state index contributed by atoms with van der Waals surface area (Å²) in [6.45, 7) is 1.20. The first-order chi connectivity index (χ1) is 12.6. The summed E-state index contributed by atoms with van der Waals surface area (Å²) in [6.07, 6.45) is 1.61. The van der Waals surface area contributed by atoms with Crippen molar-refractivity contribution in [1.82, 2.24) is 14.9 Å². The van der Waals surface area contributed by atoms with Gasteiger partial charge in [0.1, 0.15) is 11.6 Å². The van der Waals surface area contributed by atoms with Gasteiger partial charge in [0.25, 0.3) is 0 Å². The van der Waals surface area contributed by atoms with Crippen LogP contribution in [0.4, 0.5) is 14.9 Å². The van der Waals surface area contributed by atoms with Crippen LogP contribution in [0.2, 0.25) is 5.02 Å². The van der Waals surface area contributed by atoms with Crippen LogP contribution < -0.4 is 5.32 Å². The summed E-state index contributed by atoms with van der Waals surface area (Å²) in [6, 6.07) is 11.5. The Bertz CT molecular complexity index is 950. The summed E-state index contributed by atoms with van der Waals surface area (Å²) < 4.78 is 13.7. The minimum atomic E-state index is -0.434. The molecule has 2 N–H and O–H groups in total. The van der Waals surface area contributed by atoms with Gasteiger partial charge in [-0.05, 0) is 43.2 Å². The molecule has 7 heteroatoms. The zero-order valence-electron chi connectivity index (χ0n) is 14.0. The van der Waals surface area contributed by atoms with Gasteiger partial charge in [0.05, 0.1) is 16.7 Å². The molecule has 5 nitrogen and oxygen atoms in total. The van der Waals surface area contributed by atoms with Crippen LogP contribution in [0.15, 0.2) is 42.5 Å². The lowest BCUT2D eigenvalue weighted by molar-refractivity contribution is 0.193. The summed E-state index contributed by atoms with van der Waals surface area (Å²) in [7, 11) is 0. The third-order valence-electron chi connectivity index (χ3n) is 4.75. The summed E-state index contributed by atoms with van der Waals surface area (Å²) in [5, 5.41) is 3.31. The first kappa shape index (κ1) is 16.8. The van der Waals surface area contributed by atoms with Gasteiger partial charge in [-0.25, -0.2) is 14.2 Å². The third kappa shape index (κ3) is 3.37. The lowest BCUT2D eigenvalue weighted by Crippen LogP contribution is -2.40. The molecule has 1 aromatic heterocycles. The predicted molar refractivity (Wildman–Crippen MR) is 100 cm³/mol. The van der Waals surface area contributed by atoms with E-state index < -0.39 is 5.82 Å². The number of nitrogens with one attached hydrogen (secondary N) is 2. The first-order valence-corrected chi connectivity index (χ1v) is 8.93. The number of H-pyrrole nitrogens is 1. The Kier molecular flexibility index (Phi) is 4.51. The number of rotatable bonds is 2. The van der Waals surface area contributed by atoms with Crippen LogP contribution in [0.5, 0.6) is 0 Å². The first-order valence-electron chi connectivity index (χ1n) is 8.56. The number of fused-ring (bicyclic) bond motifs is 1. The molecule has 0 atom stereocenters. The maximum Gasteiger partial charge on any atom is 0.321 e. The zero-order chi connectivity index (χ0) is 18.1. The van der Waals surface area contributed by atoms with Gasteiger partial charge in [0.15, 0.2) is 0 Å². The molecule has 2 aromatic carbocycles. The smallest absolute Gasteiger partial charge is 0.321 e. The number of amides is 2. The summed E-state index contributed by atoms with van der Waals surface area (Å²) in [5.41, 5.74) is 2.02. The molecule has 4 rings (SSSR count). The number of piperidine rings is 1. The number of halogens is 2. The third-order valence-corrected chi connectivity index (χ3v) is 4.98. The Morgan fingerprint density at radius 2 is 2.00 bits per heavy atom. The van der Waals surface area contributed by atoms with E-state index in [0.29, 0.717) is 18.1 Å². The van der Waals surface area contributed by atoms with E-state index in [1.165, 1.54) is 6.07 Å². The summed E-state index contributed by atoms with van der Waals surface area (Å²) >= 11 is 6.02. The second-order valence-corrected chi connectivity index (χ2v) is 6.89. The van der Waals surface area contributed by atoms with E-state index in [9.17, 15) is 9.18 Å². The molecule has 3 aromatic rings. The van der Waals surface area contributed by atoms with Crippen LogP contribution in [0.25, 0.3) is 11.0 Å². The number of anilines is 1. The van der Waals surface area contributed by atoms with Crippen molar-refractivity contribution in [3.63, 3.8) is 0 Å². The molecular formula is C19H18ClFN4O. The van der Waals surface area contributed by atoms with Crippen LogP contribution in [0.1, 0.15) is 24.6 Å². The van der Waals surface area contributed by atoms with Crippen LogP contribution in [-0.2, 0) is 0 Å². The fourth-order valence-electron chi connectivity index (χ4n) is 3.31. The van der Waals surface area contributed by atoms with Crippen molar-refractivity contribution in [2.24, 2.45) is 0 Å². The number of hydrogen-bond acceptors (Lipinski definition) is 2. The number of hydrogen-bond donors (Lipinski definition) is 2. The molecule has 0 spiro atoms. The average molecular weight is 373 g/mol. The number of carbonyl (C=O) groups excluding carboxylic acids is 1. The van der Waals surface area contributed by atoms with Gasteiger partial charge < -0.3 is 15.2 Å². The number of nitrogens with zero attached hydrogens (tertiary/aromatic N) is 2. The SMILES string of the molecule is O=C(Nc1ccccc1F)N1CCC(c2nc3ccc(Cl)cc3[nH]2)CC1. The molecule has 2 amide bonds.